The number of thiazole rings is 1. The minimum atomic E-state index is -0.180. The van der Waals surface area contributed by atoms with Crippen molar-refractivity contribution in [2.45, 2.75) is 27.7 Å². The van der Waals surface area contributed by atoms with E-state index in [2.05, 4.69) is 16.4 Å². The quantitative estimate of drug-likeness (QED) is 0.686. The number of amides is 1. The van der Waals surface area contributed by atoms with Crippen molar-refractivity contribution in [3.8, 4) is 17.0 Å². The van der Waals surface area contributed by atoms with Gasteiger partial charge in [-0.25, -0.2) is 4.98 Å². The molecule has 0 unspecified atom stereocenters. The molecule has 0 atom stereocenters. The number of aromatic nitrogens is 1. The lowest BCUT2D eigenvalue weighted by Gasteiger charge is -2.12. The van der Waals surface area contributed by atoms with E-state index in [9.17, 15) is 4.79 Å². The number of anilines is 1. The molecule has 3 aromatic rings. The number of aryl methyl sites for hydroxylation is 3. The third-order valence-electron chi connectivity index (χ3n) is 4.21. The lowest BCUT2D eigenvalue weighted by Crippen LogP contribution is -2.20. The monoisotopic (exact) mass is 366 g/mol. The zero-order valence-electron chi connectivity index (χ0n) is 15.4. The second kappa shape index (κ2) is 7.70. The Balaban J connectivity index is 1.60. The topological polar surface area (TPSA) is 51.2 Å². The van der Waals surface area contributed by atoms with Gasteiger partial charge in [-0.2, -0.15) is 0 Å². The molecule has 0 fully saturated rings. The van der Waals surface area contributed by atoms with Crippen molar-refractivity contribution in [3.05, 3.63) is 63.5 Å². The molecule has 0 saturated heterocycles. The molecule has 0 aliphatic carbocycles. The largest absolute Gasteiger partial charge is 0.483 e. The fourth-order valence-electron chi connectivity index (χ4n) is 2.71. The van der Waals surface area contributed by atoms with E-state index in [1.165, 1.54) is 0 Å². The summed E-state index contributed by atoms with van der Waals surface area (Å²) in [6, 6.07) is 11.7. The van der Waals surface area contributed by atoms with Crippen LogP contribution in [0.25, 0.3) is 11.3 Å². The van der Waals surface area contributed by atoms with E-state index >= 15 is 0 Å². The highest BCUT2D eigenvalue weighted by molar-refractivity contribution is 7.09. The lowest BCUT2D eigenvalue weighted by molar-refractivity contribution is -0.118. The van der Waals surface area contributed by atoms with Gasteiger partial charge < -0.3 is 10.1 Å². The molecule has 1 heterocycles. The first kappa shape index (κ1) is 18.1. The average molecular weight is 366 g/mol. The molecular formula is C21H22N2O2S. The SMILES string of the molecule is Cc1cc(C)c(C)c(OCC(=O)Nc2ccc(-c3csc(C)n3)cc2)c1. The van der Waals surface area contributed by atoms with Gasteiger partial charge in [-0.1, -0.05) is 18.2 Å². The third-order valence-corrected chi connectivity index (χ3v) is 4.98. The number of rotatable bonds is 5. The summed E-state index contributed by atoms with van der Waals surface area (Å²) in [7, 11) is 0. The Bertz CT molecular complexity index is 930. The van der Waals surface area contributed by atoms with E-state index in [0.717, 1.165) is 44.4 Å². The molecule has 3 rings (SSSR count). The molecule has 5 heteroatoms. The standard InChI is InChI=1S/C21H22N2O2S/c1-13-9-14(2)15(3)20(10-13)25-11-21(24)23-18-7-5-17(6-8-18)19-12-26-16(4)22-19/h5-10,12H,11H2,1-4H3,(H,23,24). The van der Waals surface area contributed by atoms with Gasteiger partial charge in [0.1, 0.15) is 5.75 Å². The van der Waals surface area contributed by atoms with Crippen LogP contribution in [-0.2, 0) is 4.79 Å². The summed E-state index contributed by atoms with van der Waals surface area (Å²) in [5.41, 5.74) is 6.08. The van der Waals surface area contributed by atoms with Crippen molar-refractivity contribution >= 4 is 22.9 Å². The van der Waals surface area contributed by atoms with E-state index < -0.39 is 0 Å². The van der Waals surface area contributed by atoms with Gasteiger partial charge in [0.05, 0.1) is 10.7 Å². The lowest BCUT2D eigenvalue weighted by atomic mass is 10.1. The van der Waals surface area contributed by atoms with Gasteiger partial charge >= 0.3 is 0 Å². The average Bonchev–Trinajstić information content (AvgIpc) is 3.04. The van der Waals surface area contributed by atoms with Crippen LogP contribution in [-0.4, -0.2) is 17.5 Å². The number of hydrogen-bond donors (Lipinski definition) is 1. The molecule has 0 aliphatic heterocycles. The Kier molecular flexibility index (Phi) is 5.38. The molecule has 0 bridgehead atoms. The van der Waals surface area contributed by atoms with Crippen LogP contribution in [0.1, 0.15) is 21.7 Å². The Morgan fingerprint density at radius 2 is 1.85 bits per heavy atom. The summed E-state index contributed by atoms with van der Waals surface area (Å²) < 4.78 is 5.71. The molecule has 0 radical (unpaired) electrons. The predicted molar refractivity (Wildman–Crippen MR) is 107 cm³/mol. The van der Waals surface area contributed by atoms with E-state index in [-0.39, 0.29) is 12.5 Å². The van der Waals surface area contributed by atoms with Crippen LogP contribution >= 0.6 is 11.3 Å². The summed E-state index contributed by atoms with van der Waals surface area (Å²) in [6.07, 6.45) is 0. The first-order chi connectivity index (χ1) is 12.4. The fourth-order valence-corrected chi connectivity index (χ4v) is 3.33. The molecule has 4 nitrogen and oxygen atoms in total. The Hall–Kier alpha value is -2.66. The van der Waals surface area contributed by atoms with Crippen LogP contribution in [0, 0.1) is 27.7 Å². The zero-order valence-corrected chi connectivity index (χ0v) is 16.2. The van der Waals surface area contributed by atoms with Gasteiger partial charge in [-0.05, 0) is 62.6 Å². The molecular weight excluding hydrogens is 344 g/mol. The van der Waals surface area contributed by atoms with Gasteiger partial charge in [0, 0.05) is 16.6 Å². The van der Waals surface area contributed by atoms with Crippen molar-refractivity contribution in [1.29, 1.82) is 0 Å². The summed E-state index contributed by atoms with van der Waals surface area (Å²) in [5, 5.41) is 5.93. The molecule has 2 aromatic carbocycles. The van der Waals surface area contributed by atoms with Crippen LogP contribution < -0.4 is 10.1 Å². The Labute approximate surface area is 157 Å². The van der Waals surface area contributed by atoms with Gasteiger partial charge in [-0.15, -0.1) is 11.3 Å². The minimum absolute atomic E-state index is 0.0171. The maximum Gasteiger partial charge on any atom is 0.262 e. The van der Waals surface area contributed by atoms with E-state index in [1.807, 2.05) is 63.4 Å². The molecule has 0 saturated carbocycles. The summed E-state index contributed by atoms with van der Waals surface area (Å²) in [4.78, 5) is 16.6. The fraction of sp³-hybridized carbons (Fsp3) is 0.238. The molecule has 0 spiro atoms. The van der Waals surface area contributed by atoms with Gasteiger partial charge in [0.25, 0.3) is 5.91 Å². The van der Waals surface area contributed by atoms with Crippen molar-refractivity contribution in [2.75, 3.05) is 11.9 Å². The van der Waals surface area contributed by atoms with Crippen LogP contribution in [0.3, 0.4) is 0 Å². The normalized spacial score (nSPS) is 10.6. The van der Waals surface area contributed by atoms with Crippen LogP contribution in [0.2, 0.25) is 0 Å². The number of carbonyl (C=O) groups is 1. The van der Waals surface area contributed by atoms with E-state index in [1.54, 1.807) is 11.3 Å². The highest BCUT2D eigenvalue weighted by atomic mass is 32.1. The van der Waals surface area contributed by atoms with Gasteiger partial charge in [-0.3, -0.25) is 4.79 Å². The third kappa shape index (κ3) is 4.29. The zero-order chi connectivity index (χ0) is 18.7. The van der Waals surface area contributed by atoms with Gasteiger partial charge in [0.15, 0.2) is 6.61 Å². The maximum atomic E-state index is 12.2. The molecule has 1 aromatic heterocycles. The molecule has 1 N–H and O–H groups in total. The second-order valence-electron chi connectivity index (χ2n) is 6.37. The van der Waals surface area contributed by atoms with Crippen LogP contribution in [0.4, 0.5) is 5.69 Å². The van der Waals surface area contributed by atoms with E-state index in [4.69, 9.17) is 4.74 Å². The van der Waals surface area contributed by atoms with Crippen molar-refractivity contribution in [1.82, 2.24) is 4.98 Å². The number of ether oxygens (including phenoxy) is 1. The minimum Gasteiger partial charge on any atom is -0.483 e. The Morgan fingerprint density at radius 3 is 2.50 bits per heavy atom. The van der Waals surface area contributed by atoms with Crippen molar-refractivity contribution in [3.63, 3.8) is 0 Å². The first-order valence-electron chi connectivity index (χ1n) is 8.45. The van der Waals surface area contributed by atoms with Crippen LogP contribution in [0.15, 0.2) is 41.8 Å². The molecule has 134 valence electrons. The van der Waals surface area contributed by atoms with Gasteiger partial charge in [0.2, 0.25) is 0 Å². The molecule has 26 heavy (non-hydrogen) atoms. The number of nitrogens with one attached hydrogen (secondary N) is 1. The molecule has 1 amide bonds. The highest BCUT2D eigenvalue weighted by Crippen LogP contribution is 2.24. The Morgan fingerprint density at radius 1 is 1.12 bits per heavy atom. The number of benzene rings is 2. The molecule has 0 aliphatic rings. The smallest absolute Gasteiger partial charge is 0.262 e. The van der Waals surface area contributed by atoms with Crippen molar-refractivity contribution in [2.24, 2.45) is 0 Å². The first-order valence-corrected chi connectivity index (χ1v) is 9.33. The summed E-state index contributed by atoms with van der Waals surface area (Å²) in [5.74, 6) is 0.577. The highest BCUT2D eigenvalue weighted by Gasteiger charge is 2.08. The number of hydrogen-bond acceptors (Lipinski definition) is 4. The van der Waals surface area contributed by atoms with Crippen molar-refractivity contribution < 1.29 is 9.53 Å². The maximum absolute atomic E-state index is 12.2. The summed E-state index contributed by atoms with van der Waals surface area (Å²) in [6.45, 7) is 8.03. The number of nitrogens with zero attached hydrogens (tertiary/aromatic N) is 1. The summed E-state index contributed by atoms with van der Waals surface area (Å²) >= 11 is 1.62. The predicted octanol–water partition coefficient (Wildman–Crippen LogP) is 5.06. The van der Waals surface area contributed by atoms with Crippen LogP contribution in [0.5, 0.6) is 5.75 Å². The second-order valence-corrected chi connectivity index (χ2v) is 7.43. The number of carbonyl (C=O) groups excluding carboxylic acids is 1. The van der Waals surface area contributed by atoms with E-state index in [0.29, 0.717) is 0 Å².